The molecule has 0 bridgehead atoms. The number of carbonyl (C=O) groups is 4. The maximum absolute atomic E-state index is 14.5. The lowest BCUT2D eigenvalue weighted by molar-refractivity contribution is -0.191. The second-order valence-corrected chi connectivity index (χ2v) is 12.4. The molecule has 3 fully saturated rings. The minimum absolute atomic E-state index is 0.0820. The Morgan fingerprint density at radius 1 is 1.20 bits per heavy atom. The molecule has 12 heteroatoms. The Kier molecular flexibility index (Phi) is 9.79. The number of anilines is 1. The largest absolute Gasteiger partial charge is 0.433 e. The minimum atomic E-state index is -1.42. The fraction of sp³-hybridized carbons (Fsp3) is 0.655. The summed E-state index contributed by atoms with van der Waals surface area (Å²) in [4.78, 5) is 52.6. The van der Waals surface area contributed by atoms with Gasteiger partial charge in [-0.25, -0.2) is 4.39 Å². The van der Waals surface area contributed by atoms with Crippen LogP contribution in [-0.4, -0.2) is 71.8 Å². The highest BCUT2D eigenvalue weighted by atomic mass is 35.5. The van der Waals surface area contributed by atoms with Crippen molar-refractivity contribution in [3.8, 4) is 0 Å². The van der Waals surface area contributed by atoms with Gasteiger partial charge in [0.15, 0.2) is 0 Å². The van der Waals surface area contributed by atoms with E-state index in [-0.39, 0.29) is 36.1 Å². The van der Waals surface area contributed by atoms with Gasteiger partial charge < -0.3 is 30.7 Å². The van der Waals surface area contributed by atoms with Crippen LogP contribution in [-0.2, 0) is 23.9 Å². The van der Waals surface area contributed by atoms with Crippen molar-refractivity contribution >= 4 is 41.0 Å². The number of nitrogens with zero attached hydrogens (tertiary/aromatic N) is 1. The van der Waals surface area contributed by atoms with Crippen molar-refractivity contribution in [2.24, 2.45) is 17.8 Å². The summed E-state index contributed by atoms with van der Waals surface area (Å²) in [6, 6.07) is 1.41. The molecule has 1 aromatic rings. The first-order valence-electron chi connectivity index (χ1n) is 14.3. The highest BCUT2D eigenvalue weighted by Crippen LogP contribution is 2.37. The molecule has 3 aliphatic rings. The number of nitrogens with two attached hydrogens (primary N) is 1. The lowest BCUT2D eigenvalue weighted by Gasteiger charge is -2.38. The third kappa shape index (κ3) is 7.30. The number of esters is 1. The monoisotopic (exact) mass is 594 g/mol. The average molecular weight is 595 g/mol. The summed E-state index contributed by atoms with van der Waals surface area (Å²) in [5, 5.41) is 5.55. The topological polar surface area (TPSA) is 140 Å². The molecule has 10 nitrogen and oxygen atoms in total. The zero-order valence-electron chi connectivity index (χ0n) is 23.9. The Hall–Kier alpha value is -2.92. The van der Waals surface area contributed by atoms with Gasteiger partial charge in [-0.1, -0.05) is 38.8 Å². The second-order valence-electron chi connectivity index (χ2n) is 11.9. The van der Waals surface area contributed by atoms with Crippen LogP contribution in [0.5, 0.6) is 0 Å². The van der Waals surface area contributed by atoms with Gasteiger partial charge in [0, 0.05) is 12.0 Å². The highest BCUT2D eigenvalue weighted by Gasteiger charge is 2.45. The Labute approximate surface area is 244 Å². The number of alkyl halides is 1. The van der Waals surface area contributed by atoms with Crippen molar-refractivity contribution in [1.82, 2.24) is 15.5 Å². The van der Waals surface area contributed by atoms with E-state index in [9.17, 15) is 23.6 Å². The zero-order valence-corrected chi connectivity index (χ0v) is 24.7. The molecule has 1 aromatic carbocycles. The summed E-state index contributed by atoms with van der Waals surface area (Å²) in [6.45, 7) is 7.62. The predicted octanol–water partition coefficient (Wildman–Crippen LogP) is 3.21. The molecule has 0 radical (unpaired) electrons. The van der Waals surface area contributed by atoms with Gasteiger partial charge in [0.05, 0.1) is 29.8 Å². The Morgan fingerprint density at radius 2 is 1.93 bits per heavy atom. The number of cyclic esters (lactones) is 1. The molecule has 2 aliphatic heterocycles. The van der Waals surface area contributed by atoms with Crippen LogP contribution in [0.4, 0.5) is 10.1 Å². The van der Waals surface area contributed by atoms with E-state index in [4.69, 9.17) is 26.8 Å². The van der Waals surface area contributed by atoms with Gasteiger partial charge in [-0.05, 0) is 55.7 Å². The summed E-state index contributed by atoms with van der Waals surface area (Å²) < 4.78 is 26.3. The maximum atomic E-state index is 14.5. The van der Waals surface area contributed by atoms with Gasteiger partial charge in [0.2, 0.25) is 18.1 Å². The van der Waals surface area contributed by atoms with Gasteiger partial charge in [-0.3, -0.25) is 19.2 Å². The van der Waals surface area contributed by atoms with E-state index in [0.717, 1.165) is 24.2 Å². The SMILES string of the molecule is CC1CC[C@@H](C(C)C)[C@H](O[C@@H]2OC(=O)CC2NC(=O)[C@@H]2CC(F)CN2C(=O)[C@H](C)NC(=O)c2ccc(N)c(Cl)c2)C1. The molecule has 41 heavy (non-hydrogen) atoms. The molecule has 1 saturated carbocycles. The summed E-state index contributed by atoms with van der Waals surface area (Å²) in [5.41, 5.74) is 6.20. The Balaban J connectivity index is 1.40. The number of benzene rings is 1. The molecule has 4 N–H and O–H groups in total. The quantitative estimate of drug-likeness (QED) is 0.310. The van der Waals surface area contributed by atoms with Crippen molar-refractivity contribution in [2.75, 3.05) is 12.3 Å². The maximum Gasteiger partial charge on any atom is 0.310 e. The number of halogens is 2. The lowest BCUT2D eigenvalue weighted by atomic mass is 9.75. The van der Waals surface area contributed by atoms with Gasteiger partial charge in [-0.2, -0.15) is 0 Å². The number of amides is 3. The van der Waals surface area contributed by atoms with Crippen molar-refractivity contribution in [3.05, 3.63) is 28.8 Å². The van der Waals surface area contributed by atoms with E-state index in [1.54, 1.807) is 0 Å². The fourth-order valence-electron chi connectivity index (χ4n) is 6.04. The molecule has 0 spiro atoms. The average Bonchev–Trinajstić information content (AvgIpc) is 3.46. The summed E-state index contributed by atoms with van der Waals surface area (Å²) in [5.74, 6) is -1.11. The molecule has 4 rings (SSSR count). The molecule has 3 unspecified atom stereocenters. The molecule has 1 aliphatic carbocycles. The second kappa shape index (κ2) is 12.9. The van der Waals surface area contributed by atoms with E-state index in [1.807, 2.05) is 0 Å². The summed E-state index contributed by atoms with van der Waals surface area (Å²) in [7, 11) is 0. The third-order valence-electron chi connectivity index (χ3n) is 8.38. The van der Waals surface area contributed by atoms with Crippen LogP contribution in [0.2, 0.25) is 5.02 Å². The standard InChI is InChI=1S/C29H40ClFN4O6/c1-14(2)19-7-5-15(3)9-24(19)40-29-22(12-25(36)41-29)34-27(38)23-11-18(31)13-35(23)28(39)16(4)33-26(37)17-6-8-21(32)20(30)10-17/h6,8,10,14-16,18-19,22-24,29H,5,7,9,11-13,32H2,1-4H3,(H,33,37)(H,34,38)/t15?,16-,18?,19-,22?,23-,24+,29+/m0/s1. The number of hydrogen-bond acceptors (Lipinski definition) is 7. The van der Waals surface area contributed by atoms with Gasteiger partial charge in [0.25, 0.3) is 5.91 Å². The van der Waals surface area contributed by atoms with Crippen molar-refractivity contribution in [2.45, 2.75) is 96.5 Å². The van der Waals surface area contributed by atoms with Crippen molar-refractivity contribution in [1.29, 1.82) is 0 Å². The van der Waals surface area contributed by atoms with Gasteiger partial charge >= 0.3 is 5.97 Å². The van der Waals surface area contributed by atoms with Crippen molar-refractivity contribution in [3.63, 3.8) is 0 Å². The predicted molar refractivity (Wildman–Crippen MR) is 150 cm³/mol. The van der Waals surface area contributed by atoms with Gasteiger partial charge in [0.1, 0.15) is 24.3 Å². The first kappa shape index (κ1) is 31.0. The van der Waals surface area contributed by atoms with Crippen LogP contribution in [0.1, 0.15) is 70.2 Å². The molecule has 3 amide bonds. The van der Waals surface area contributed by atoms with E-state index in [1.165, 1.54) is 25.1 Å². The third-order valence-corrected chi connectivity index (χ3v) is 8.70. The first-order chi connectivity index (χ1) is 19.3. The number of nitrogen functional groups attached to an aromatic ring is 1. The van der Waals surface area contributed by atoms with E-state index in [0.29, 0.717) is 23.4 Å². The number of likely N-dealkylation sites (tertiary alicyclic amines) is 1. The van der Waals surface area contributed by atoms with E-state index in [2.05, 4.69) is 31.4 Å². The molecule has 2 saturated heterocycles. The zero-order chi connectivity index (χ0) is 30.0. The first-order valence-corrected chi connectivity index (χ1v) is 14.7. The molecule has 8 atom stereocenters. The van der Waals surface area contributed by atoms with E-state index >= 15 is 0 Å². The van der Waals surface area contributed by atoms with Crippen LogP contribution in [0, 0.1) is 17.8 Å². The van der Waals surface area contributed by atoms with Crippen LogP contribution in [0.3, 0.4) is 0 Å². The van der Waals surface area contributed by atoms with Crippen molar-refractivity contribution < 1.29 is 33.0 Å². The van der Waals surface area contributed by atoms with Crippen LogP contribution >= 0.6 is 11.6 Å². The van der Waals surface area contributed by atoms with Crippen LogP contribution in [0.25, 0.3) is 0 Å². The van der Waals surface area contributed by atoms with E-state index < -0.39 is 54.3 Å². The van der Waals surface area contributed by atoms with Gasteiger partial charge in [-0.15, -0.1) is 0 Å². The Bertz CT molecular complexity index is 1170. The minimum Gasteiger partial charge on any atom is -0.433 e. The summed E-state index contributed by atoms with van der Waals surface area (Å²) in [6.07, 6.45) is 0.175. The molecule has 0 aromatic heterocycles. The number of hydrogen-bond donors (Lipinski definition) is 3. The smallest absolute Gasteiger partial charge is 0.310 e. The normalized spacial score (nSPS) is 30.7. The lowest BCUT2D eigenvalue weighted by Crippen LogP contribution is -2.55. The molecule has 226 valence electrons. The number of rotatable bonds is 8. The number of carbonyl (C=O) groups excluding carboxylic acids is 4. The molecular weight excluding hydrogens is 555 g/mol. The molecule has 2 heterocycles. The number of nitrogens with one attached hydrogen (secondary N) is 2. The Morgan fingerprint density at radius 3 is 2.61 bits per heavy atom. The summed E-state index contributed by atoms with van der Waals surface area (Å²) >= 11 is 6.00. The highest BCUT2D eigenvalue weighted by molar-refractivity contribution is 6.33. The van der Waals surface area contributed by atoms with Crippen LogP contribution < -0.4 is 16.4 Å². The fourth-order valence-corrected chi connectivity index (χ4v) is 6.22. The molecular formula is C29H40ClFN4O6. The van der Waals surface area contributed by atoms with Crippen LogP contribution in [0.15, 0.2) is 18.2 Å². The number of ether oxygens (including phenoxy) is 2.